The van der Waals surface area contributed by atoms with Crippen LogP contribution >= 0.6 is 23.2 Å². The van der Waals surface area contributed by atoms with Crippen LogP contribution in [-0.2, 0) is 19.9 Å². The normalized spacial score (nSPS) is 13.0. The lowest BCUT2D eigenvalue weighted by Gasteiger charge is -2.29. The lowest BCUT2D eigenvalue weighted by molar-refractivity contribution is -0.137. The molecule has 132 valence electrons. The number of halogens is 2. The van der Waals surface area contributed by atoms with Crippen LogP contribution in [0.15, 0.2) is 48.5 Å². The van der Waals surface area contributed by atoms with Gasteiger partial charge in [-0.25, -0.2) is 0 Å². The van der Waals surface area contributed by atoms with E-state index < -0.39 is 17.4 Å². The van der Waals surface area contributed by atoms with Crippen LogP contribution in [-0.4, -0.2) is 25.5 Å². The zero-order valence-corrected chi connectivity index (χ0v) is 15.3. The average molecular weight is 381 g/mol. The van der Waals surface area contributed by atoms with Gasteiger partial charge < -0.3 is 15.4 Å². The predicted molar refractivity (Wildman–Crippen MR) is 98.9 cm³/mol. The highest BCUT2D eigenvalue weighted by Gasteiger charge is 2.28. The van der Waals surface area contributed by atoms with Crippen molar-refractivity contribution in [3.8, 4) is 0 Å². The highest BCUT2D eigenvalue weighted by atomic mass is 35.5. The average Bonchev–Trinajstić information content (AvgIpc) is 2.59. The SMILES string of the molecule is COC(C)(CNC(=O)C(=O)Nc1cccc(Cl)c1)c1cccc(Cl)c1. The lowest BCUT2D eigenvalue weighted by Crippen LogP contribution is -2.44. The Balaban J connectivity index is 2.00. The van der Waals surface area contributed by atoms with Gasteiger partial charge in [-0.2, -0.15) is 0 Å². The Morgan fingerprint density at radius 2 is 1.68 bits per heavy atom. The molecule has 2 rings (SSSR count). The van der Waals surface area contributed by atoms with Crippen molar-refractivity contribution in [3.05, 3.63) is 64.1 Å². The largest absolute Gasteiger partial charge is 0.372 e. The van der Waals surface area contributed by atoms with Crippen LogP contribution in [0.25, 0.3) is 0 Å². The molecule has 0 saturated carbocycles. The van der Waals surface area contributed by atoms with Crippen molar-refractivity contribution < 1.29 is 14.3 Å². The zero-order chi connectivity index (χ0) is 18.4. The number of carbonyl (C=O) groups excluding carboxylic acids is 2. The maximum atomic E-state index is 12.1. The molecule has 2 N–H and O–H groups in total. The molecule has 0 aromatic heterocycles. The van der Waals surface area contributed by atoms with E-state index in [9.17, 15) is 9.59 Å². The van der Waals surface area contributed by atoms with Crippen molar-refractivity contribution in [1.82, 2.24) is 5.32 Å². The lowest BCUT2D eigenvalue weighted by atomic mass is 9.95. The monoisotopic (exact) mass is 380 g/mol. The quantitative estimate of drug-likeness (QED) is 0.778. The van der Waals surface area contributed by atoms with Crippen molar-refractivity contribution in [2.24, 2.45) is 0 Å². The van der Waals surface area contributed by atoms with Crippen LogP contribution in [0.4, 0.5) is 5.69 Å². The summed E-state index contributed by atoms with van der Waals surface area (Å²) in [5.41, 5.74) is 0.409. The summed E-state index contributed by atoms with van der Waals surface area (Å²) in [5.74, 6) is -1.56. The molecule has 2 amide bonds. The number of ether oxygens (including phenoxy) is 1. The topological polar surface area (TPSA) is 67.4 Å². The Hall–Kier alpha value is -2.08. The smallest absolute Gasteiger partial charge is 0.313 e. The number of nitrogens with one attached hydrogen (secondary N) is 2. The van der Waals surface area contributed by atoms with Crippen LogP contribution in [0.2, 0.25) is 10.0 Å². The number of hydrogen-bond acceptors (Lipinski definition) is 3. The van der Waals surface area contributed by atoms with E-state index in [4.69, 9.17) is 27.9 Å². The number of rotatable bonds is 5. The Morgan fingerprint density at radius 1 is 1.04 bits per heavy atom. The second kappa shape index (κ2) is 8.34. The molecule has 0 aliphatic rings. The van der Waals surface area contributed by atoms with Crippen LogP contribution in [0.1, 0.15) is 12.5 Å². The van der Waals surface area contributed by atoms with Crippen LogP contribution in [0, 0.1) is 0 Å². The summed E-state index contributed by atoms with van der Waals surface area (Å²) >= 11 is 11.9. The summed E-state index contributed by atoms with van der Waals surface area (Å²) in [5, 5.41) is 6.09. The first-order valence-corrected chi connectivity index (χ1v) is 8.25. The molecule has 0 radical (unpaired) electrons. The Bertz CT molecular complexity index is 782. The maximum Gasteiger partial charge on any atom is 0.313 e. The van der Waals surface area contributed by atoms with Crippen molar-refractivity contribution in [2.75, 3.05) is 19.0 Å². The molecule has 0 heterocycles. The van der Waals surface area contributed by atoms with Crippen LogP contribution < -0.4 is 10.6 Å². The van der Waals surface area contributed by atoms with Gasteiger partial charge in [0.15, 0.2) is 0 Å². The third-order valence-electron chi connectivity index (χ3n) is 3.76. The van der Waals surface area contributed by atoms with Gasteiger partial charge in [-0.1, -0.05) is 41.4 Å². The first-order chi connectivity index (χ1) is 11.8. The summed E-state index contributed by atoms with van der Waals surface area (Å²) in [6.07, 6.45) is 0. The van der Waals surface area contributed by atoms with Crippen molar-refractivity contribution in [3.63, 3.8) is 0 Å². The summed E-state index contributed by atoms with van der Waals surface area (Å²) in [6, 6.07) is 13.7. The Labute approximate surface area is 156 Å². The minimum atomic E-state index is -0.823. The third-order valence-corrected chi connectivity index (χ3v) is 4.23. The van der Waals surface area contributed by atoms with Gasteiger partial charge in [-0.05, 0) is 42.8 Å². The van der Waals surface area contributed by atoms with Gasteiger partial charge >= 0.3 is 11.8 Å². The Morgan fingerprint density at radius 3 is 2.28 bits per heavy atom. The number of carbonyl (C=O) groups is 2. The van der Waals surface area contributed by atoms with Gasteiger partial charge in [0.1, 0.15) is 5.60 Å². The van der Waals surface area contributed by atoms with E-state index in [1.807, 2.05) is 6.07 Å². The summed E-state index contributed by atoms with van der Waals surface area (Å²) in [6.45, 7) is 1.90. The Kier molecular flexibility index (Phi) is 6.42. The van der Waals surface area contributed by atoms with E-state index in [1.165, 1.54) is 7.11 Å². The van der Waals surface area contributed by atoms with E-state index in [0.29, 0.717) is 15.7 Å². The predicted octanol–water partition coefficient (Wildman–Crippen LogP) is 3.61. The van der Waals surface area contributed by atoms with Gasteiger partial charge in [0.2, 0.25) is 0 Å². The molecular weight excluding hydrogens is 363 g/mol. The van der Waals surface area contributed by atoms with E-state index >= 15 is 0 Å². The van der Waals surface area contributed by atoms with Gasteiger partial charge in [0, 0.05) is 22.8 Å². The number of benzene rings is 2. The second-order valence-corrected chi connectivity index (χ2v) is 6.47. The minimum Gasteiger partial charge on any atom is -0.372 e. The first kappa shape index (κ1) is 19.2. The number of hydrogen-bond donors (Lipinski definition) is 2. The minimum absolute atomic E-state index is 0.103. The van der Waals surface area contributed by atoms with E-state index in [2.05, 4.69) is 10.6 Å². The summed E-state index contributed by atoms with van der Waals surface area (Å²) in [7, 11) is 1.53. The molecule has 0 aliphatic heterocycles. The highest BCUT2D eigenvalue weighted by molar-refractivity contribution is 6.39. The second-order valence-electron chi connectivity index (χ2n) is 5.59. The fraction of sp³-hybridized carbons (Fsp3) is 0.222. The first-order valence-electron chi connectivity index (χ1n) is 7.50. The molecule has 2 aromatic carbocycles. The summed E-state index contributed by atoms with van der Waals surface area (Å²) in [4.78, 5) is 24.0. The summed E-state index contributed by atoms with van der Waals surface area (Å²) < 4.78 is 5.52. The standard InChI is InChI=1S/C18H18Cl2N2O3/c1-18(25-2,12-5-3-6-13(19)9-12)11-21-16(23)17(24)22-15-8-4-7-14(20)10-15/h3-10H,11H2,1-2H3,(H,21,23)(H,22,24). The molecule has 0 bridgehead atoms. The van der Waals surface area contributed by atoms with Crippen LogP contribution in [0.5, 0.6) is 0 Å². The van der Waals surface area contributed by atoms with Gasteiger partial charge in [-0.15, -0.1) is 0 Å². The number of methoxy groups -OCH3 is 1. The molecule has 25 heavy (non-hydrogen) atoms. The molecule has 1 atom stereocenters. The van der Waals surface area contributed by atoms with Gasteiger partial charge in [-0.3, -0.25) is 9.59 Å². The molecule has 0 spiro atoms. The van der Waals surface area contributed by atoms with E-state index in [1.54, 1.807) is 49.4 Å². The number of anilines is 1. The van der Waals surface area contributed by atoms with E-state index in [-0.39, 0.29) is 6.54 Å². The molecule has 5 nitrogen and oxygen atoms in total. The molecule has 1 unspecified atom stereocenters. The fourth-order valence-electron chi connectivity index (χ4n) is 2.19. The van der Waals surface area contributed by atoms with E-state index in [0.717, 1.165) is 5.56 Å². The maximum absolute atomic E-state index is 12.1. The third kappa shape index (κ3) is 5.19. The van der Waals surface area contributed by atoms with Crippen molar-refractivity contribution in [2.45, 2.75) is 12.5 Å². The molecule has 0 aliphatic carbocycles. The van der Waals surface area contributed by atoms with Crippen molar-refractivity contribution >= 4 is 40.7 Å². The molecule has 7 heteroatoms. The molecular formula is C18H18Cl2N2O3. The molecule has 2 aromatic rings. The van der Waals surface area contributed by atoms with Crippen LogP contribution in [0.3, 0.4) is 0 Å². The zero-order valence-electron chi connectivity index (χ0n) is 13.8. The van der Waals surface area contributed by atoms with Gasteiger partial charge in [0.05, 0.1) is 6.54 Å². The van der Waals surface area contributed by atoms with Gasteiger partial charge in [0.25, 0.3) is 0 Å². The highest BCUT2D eigenvalue weighted by Crippen LogP contribution is 2.26. The molecule has 0 saturated heterocycles. The fourth-order valence-corrected chi connectivity index (χ4v) is 2.57. The molecule has 0 fully saturated rings. The van der Waals surface area contributed by atoms with Crippen molar-refractivity contribution in [1.29, 1.82) is 0 Å². The number of amides is 2.